The lowest BCUT2D eigenvalue weighted by Gasteiger charge is -2.52. The minimum absolute atomic E-state index is 0.197. The number of carbonyl (C=O) groups excluding carboxylic acids is 4. The molecule has 214 valence electrons. The van der Waals surface area contributed by atoms with E-state index in [2.05, 4.69) is 0 Å². The highest BCUT2D eigenvalue weighted by Crippen LogP contribution is 2.77. The van der Waals surface area contributed by atoms with E-state index in [0.717, 1.165) is 6.08 Å². The van der Waals surface area contributed by atoms with Crippen molar-refractivity contribution in [2.45, 2.75) is 84.7 Å². The van der Waals surface area contributed by atoms with Crippen molar-refractivity contribution in [3.63, 3.8) is 0 Å². The Hall–Kier alpha value is -2.62. The van der Waals surface area contributed by atoms with Gasteiger partial charge in [-0.2, -0.15) is 0 Å². The zero-order chi connectivity index (χ0) is 29.5. The Labute approximate surface area is 228 Å². The molecule has 3 N–H and O–H groups in total. The molecule has 4 aliphatic carbocycles. The standard InChI is InChI=1S/C30H40O9/c1-9-14(3)25(34)38-24-17(6)29(37)19-11-16(5)23(33)28(19,36)12-18(13-31)21(32)20(29)22-27(7,8)30(22,24)39-26(35)15(4)10-2/h9,11-12,15,17,19-20,22,24,31,36-37H,10,13H2,1-8H3/b14-9+/t15?,17-,19-,20+,22-,24-,28-,29+,30-/m1/s1. The first kappa shape index (κ1) is 29.4. The summed E-state index contributed by atoms with van der Waals surface area (Å²) < 4.78 is 12.3. The molecule has 0 radical (unpaired) electrons. The van der Waals surface area contributed by atoms with Gasteiger partial charge < -0.3 is 24.8 Å². The number of Topliss-reactive ketones (excluding diaryl/α,β-unsaturated/α-hetero) is 2. The molecule has 4 rings (SSSR count). The van der Waals surface area contributed by atoms with Crippen LogP contribution < -0.4 is 0 Å². The van der Waals surface area contributed by atoms with Crippen LogP contribution in [0, 0.1) is 35.0 Å². The number of carbonyl (C=O) groups is 4. The van der Waals surface area contributed by atoms with Gasteiger partial charge in [-0.3, -0.25) is 14.4 Å². The molecular formula is C30H40O9. The van der Waals surface area contributed by atoms with Crippen molar-refractivity contribution >= 4 is 23.5 Å². The van der Waals surface area contributed by atoms with E-state index in [4.69, 9.17) is 9.47 Å². The average Bonchev–Trinajstić information content (AvgIpc) is 3.30. The SMILES string of the molecule is C/C=C(\C)C(=O)O[C@@H]1[C@@H](C)[C@@]2(O)[C@@H](C(=O)C(CO)=C[C@]3(O)C(=O)C(C)=C[C@@H]23)[C@@H]2C(C)(C)[C@]12OC(=O)C(C)CC. The number of allylic oxidation sites excluding steroid dienone is 1. The molecule has 9 heteroatoms. The number of fused-ring (bicyclic) bond motifs is 5. The highest BCUT2D eigenvalue weighted by molar-refractivity contribution is 6.09. The molecule has 0 aromatic rings. The van der Waals surface area contributed by atoms with Gasteiger partial charge >= 0.3 is 11.9 Å². The fraction of sp³-hybridized carbons (Fsp3) is 0.667. The highest BCUT2D eigenvalue weighted by Gasteiger charge is 2.89. The normalized spacial score (nSPS) is 41.3. The monoisotopic (exact) mass is 544 g/mol. The zero-order valence-corrected chi connectivity index (χ0v) is 23.9. The molecule has 0 aromatic carbocycles. The Morgan fingerprint density at radius 3 is 2.36 bits per heavy atom. The number of hydrogen-bond acceptors (Lipinski definition) is 9. The van der Waals surface area contributed by atoms with Crippen molar-refractivity contribution in [1.29, 1.82) is 0 Å². The number of esters is 2. The summed E-state index contributed by atoms with van der Waals surface area (Å²) in [6, 6.07) is 0. The third-order valence-electron chi connectivity index (χ3n) is 10.1. The summed E-state index contributed by atoms with van der Waals surface area (Å²) in [5.74, 6) is -7.41. The summed E-state index contributed by atoms with van der Waals surface area (Å²) in [7, 11) is 0. The number of aliphatic hydroxyl groups is 3. The highest BCUT2D eigenvalue weighted by atomic mass is 16.6. The molecule has 0 aromatic heterocycles. The summed E-state index contributed by atoms with van der Waals surface area (Å²) in [5, 5.41) is 34.5. The maximum absolute atomic E-state index is 14.1. The summed E-state index contributed by atoms with van der Waals surface area (Å²) in [6.07, 6.45) is 3.40. The van der Waals surface area contributed by atoms with Crippen molar-refractivity contribution in [3.8, 4) is 0 Å². The van der Waals surface area contributed by atoms with Gasteiger partial charge in [0.25, 0.3) is 0 Å². The van der Waals surface area contributed by atoms with Crippen molar-refractivity contribution in [2.75, 3.05) is 6.61 Å². The third kappa shape index (κ3) is 3.62. The van der Waals surface area contributed by atoms with Crippen LogP contribution in [0.15, 0.2) is 34.9 Å². The molecule has 2 fully saturated rings. The molecule has 4 aliphatic rings. The smallest absolute Gasteiger partial charge is 0.333 e. The molecule has 9 nitrogen and oxygen atoms in total. The fourth-order valence-corrected chi connectivity index (χ4v) is 7.42. The van der Waals surface area contributed by atoms with Crippen LogP contribution >= 0.6 is 0 Å². The Morgan fingerprint density at radius 1 is 1.21 bits per heavy atom. The molecule has 0 heterocycles. The first-order valence-corrected chi connectivity index (χ1v) is 13.6. The van der Waals surface area contributed by atoms with Crippen molar-refractivity contribution in [2.24, 2.45) is 35.0 Å². The van der Waals surface area contributed by atoms with E-state index in [-0.39, 0.29) is 11.1 Å². The van der Waals surface area contributed by atoms with Crippen LogP contribution in [0.5, 0.6) is 0 Å². The van der Waals surface area contributed by atoms with Crippen molar-refractivity contribution in [3.05, 3.63) is 34.9 Å². The lowest BCUT2D eigenvalue weighted by molar-refractivity contribution is -0.229. The first-order valence-electron chi connectivity index (χ1n) is 13.6. The van der Waals surface area contributed by atoms with Crippen LogP contribution in [0.25, 0.3) is 0 Å². The Morgan fingerprint density at radius 2 is 1.82 bits per heavy atom. The molecule has 0 aliphatic heterocycles. The van der Waals surface area contributed by atoms with Gasteiger partial charge in [0.2, 0.25) is 0 Å². The second-order valence-electron chi connectivity index (χ2n) is 12.3. The van der Waals surface area contributed by atoms with E-state index in [9.17, 15) is 34.5 Å². The third-order valence-corrected chi connectivity index (χ3v) is 10.1. The minimum Gasteiger partial charge on any atom is -0.454 e. The number of rotatable bonds is 6. The maximum Gasteiger partial charge on any atom is 0.333 e. The Bertz CT molecular complexity index is 1220. The van der Waals surface area contributed by atoms with Gasteiger partial charge in [0.15, 0.2) is 22.8 Å². The van der Waals surface area contributed by atoms with Gasteiger partial charge in [-0.05, 0) is 38.8 Å². The van der Waals surface area contributed by atoms with E-state index in [1.54, 1.807) is 47.6 Å². The van der Waals surface area contributed by atoms with Gasteiger partial charge in [0.05, 0.1) is 24.0 Å². The summed E-state index contributed by atoms with van der Waals surface area (Å²) in [5.41, 5.74) is -6.47. The molecule has 1 unspecified atom stereocenters. The first-order chi connectivity index (χ1) is 18.0. The molecule has 9 atom stereocenters. The Kier molecular flexibility index (Phi) is 6.94. The van der Waals surface area contributed by atoms with Gasteiger partial charge in [-0.15, -0.1) is 0 Å². The molecular weight excluding hydrogens is 504 g/mol. The van der Waals surface area contributed by atoms with Crippen molar-refractivity contribution < 1.29 is 44.0 Å². The molecule has 0 amide bonds. The van der Waals surface area contributed by atoms with Crippen LogP contribution in [0.4, 0.5) is 0 Å². The topological polar surface area (TPSA) is 147 Å². The number of ether oxygens (including phenoxy) is 2. The number of aliphatic hydroxyl groups excluding tert-OH is 1. The average molecular weight is 545 g/mol. The van der Waals surface area contributed by atoms with Crippen LogP contribution in [0.3, 0.4) is 0 Å². The second-order valence-corrected chi connectivity index (χ2v) is 12.3. The summed E-state index contributed by atoms with van der Waals surface area (Å²) in [4.78, 5) is 53.6. The van der Waals surface area contributed by atoms with Crippen LogP contribution in [0.2, 0.25) is 0 Å². The van der Waals surface area contributed by atoms with Gasteiger partial charge in [-0.1, -0.05) is 46.8 Å². The van der Waals surface area contributed by atoms with Gasteiger partial charge in [0.1, 0.15) is 6.10 Å². The second kappa shape index (κ2) is 9.21. The molecule has 0 spiro atoms. The fourth-order valence-electron chi connectivity index (χ4n) is 7.42. The van der Waals surface area contributed by atoms with Crippen molar-refractivity contribution in [1.82, 2.24) is 0 Å². The largest absolute Gasteiger partial charge is 0.454 e. The Balaban J connectivity index is 1.99. The van der Waals surface area contributed by atoms with Gasteiger partial charge in [-0.25, -0.2) is 4.79 Å². The lowest BCUT2D eigenvalue weighted by Crippen LogP contribution is -2.67. The quantitative estimate of drug-likeness (QED) is 0.338. The zero-order valence-electron chi connectivity index (χ0n) is 23.9. The molecule has 0 saturated heterocycles. The van der Waals surface area contributed by atoms with E-state index in [1.807, 2.05) is 6.92 Å². The number of ketones is 2. The molecule has 0 bridgehead atoms. The predicted molar refractivity (Wildman–Crippen MR) is 140 cm³/mol. The lowest BCUT2D eigenvalue weighted by atomic mass is 9.58. The maximum atomic E-state index is 14.1. The predicted octanol–water partition coefficient (Wildman–Crippen LogP) is 2.22. The van der Waals surface area contributed by atoms with E-state index >= 15 is 0 Å². The summed E-state index contributed by atoms with van der Waals surface area (Å²) >= 11 is 0. The molecule has 2 saturated carbocycles. The van der Waals surface area contributed by atoms with Gasteiger partial charge in [0, 0.05) is 34.3 Å². The molecule has 39 heavy (non-hydrogen) atoms. The van der Waals surface area contributed by atoms with E-state index in [0.29, 0.717) is 12.0 Å². The van der Waals surface area contributed by atoms with Crippen LogP contribution in [0.1, 0.15) is 61.8 Å². The minimum atomic E-state index is -2.28. The van der Waals surface area contributed by atoms with Crippen LogP contribution in [-0.2, 0) is 28.7 Å². The summed E-state index contributed by atoms with van der Waals surface area (Å²) in [6.45, 7) is 12.7. The number of hydrogen-bond donors (Lipinski definition) is 3. The van der Waals surface area contributed by atoms with Crippen LogP contribution in [-0.4, -0.2) is 68.3 Å². The van der Waals surface area contributed by atoms with E-state index in [1.165, 1.54) is 13.0 Å². The van der Waals surface area contributed by atoms with E-state index < -0.39 is 88.0 Å².